The van der Waals surface area contributed by atoms with Crippen LogP contribution in [0.4, 0.5) is 0 Å². The lowest BCUT2D eigenvalue weighted by Gasteiger charge is -2.11. The van der Waals surface area contributed by atoms with Crippen LogP contribution in [0.15, 0.2) is 56.8 Å². The van der Waals surface area contributed by atoms with Gasteiger partial charge in [0.05, 0.1) is 10.7 Å². The van der Waals surface area contributed by atoms with Gasteiger partial charge in [-0.1, -0.05) is 41.6 Å². The number of nitrogens with zero attached hydrogens (tertiary/aromatic N) is 3. The molecule has 1 N–H and O–H groups in total. The SMILES string of the molecule is Cc1ccccc1-n1c(C)nnc1SCc1cc(=O)oc2cc(O)c(Cl)cc12. The van der Waals surface area contributed by atoms with Gasteiger partial charge in [0.1, 0.15) is 17.2 Å². The standard InChI is InChI=1S/C20H16ClN3O3S/c1-11-5-3-4-6-16(11)24-12(2)22-23-20(24)28-10-13-7-19(26)27-18-9-17(25)15(21)8-14(13)18/h3-9,25H,10H2,1-2H3. The van der Waals surface area contributed by atoms with E-state index in [4.69, 9.17) is 16.0 Å². The number of aryl methyl sites for hydroxylation is 2. The normalized spacial score (nSPS) is 11.2. The van der Waals surface area contributed by atoms with E-state index in [2.05, 4.69) is 10.2 Å². The van der Waals surface area contributed by atoms with Crippen LogP contribution in [0.1, 0.15) is 17.0 Å². The molecule has 2 heterocycles. The van der Waals surface area contributed by atoms with E-state index < -0.39 is 5.63 Å². The summed E-state index contributed by atoms with van der Waals surface area (Å²) in [6, 6.07) is 12.4. The molecule has 0 aliphatic heterocycles. The van der Waals surface area contributed by atoms with Crippen LogP contribution in [0.2, 0.25) is 5.02 Å². The third-order valence-electron chi connectivity index (χ3n) is 4.41. The monoisotopic (exact) mass is 413 g/mol. The molecule has 142 valence electrons. The maximum atomic E-state index is 11.9. The summed E-state index contributed by atoms with van der Waals surface area (Å²) in [6.07, 6.45) is 0. The molecule has 0 aliphatic carbocycles. The topological polar surface area (TPSA) is 81.2 Å². The van der Waals surface area contributed by atoms with Crippen molar-refractivity contribution in [2.24, 2.45) is 0 Å². The highest BCUT2D eigenvalue weighted by atomic mass is 35.5. The predicted octanol–water partition coefficient (Wildman–Crippen LogP) is 4.64. The number of halogens is 1. The van der Waals surface area contributed by atoms with Crippen LogP contribution in [0.25, 0.3) is 16.7 Å². The van der Waals surface area contributed by atoms with Crippen LogP contribution in [0.3, 0.4) is 0 Å². The van der Waals surface area contributed by atoms with Crippen molar-refractivity contribution in [3.63, 3.8) is 0 Å². The molecule has 2 aromatic heterocycles. The molecule has 0 amide bonds. The molecule has 0 aliphatic rings. The molecular formula is C20H16ClN3O3S. The molecule has 0 radical (unpaired) electrons. The zero-order chi connectivity index (χ0) is 19.8. The highest BCUT2D eigenvalue weighted by Crippen LogP contribution is 2.33. The summed E-state index contributed by atoms with van der Waals surface area (Å²) in [5.41, 5.74) is 2.68. The van der Waals surface area contributed by atoms with Gasteiger partial charge in [-0.3, -0.25) is 4.57 Å². The van der Waals surface area contributed by atoms with Crippen LogP contribution >= 0.6 is 23.4 Å². The van der Waals surface area contributed by atoms with Crippen LogP contribution in [0, 0.1) is 13.8 Å². The van der Waals surface area contributed by atoms with Crippen molar-refractivity contribution in [3.05, 3.63) is 74.9 Å². The highest BCUT2D eigenvalue weighted by molar-refractivity contribution is 7.98. The number of phenols is 1. The lowest BCUT2D eigenvalue weighted by molar-refractivity contribution is 0.473. The van der Waals surface area contributed by atoms with Crippen molar-refractivity contribution in [2.75, 3.05) is 0 Å². The second kappa shape index (κ2) is 7.33. The van der Waals surface area contributed by atoms with Gasteiger partial charge < -0.3 is 9.52 Å². The third-order valence-corrected chi connectivity index (χ3v) is 5.69. The number of hydrogen-bond acceptors (Lipinski definition) is 6. The van der Waals surface area contributed by atoms with Gasteiger partial charge in [0.25, 0.3) is 0 Å². The molecule has 0 saturated carbocycles. The maximum Gasteiger partial charge on any atom is 0.336 e. The molecule has 4 rings (SSSR count). The van der Waals surface area contributed by atoms with E-state index in [1.807, 2.05) is 42.7 Å². The fourth-order valence-electron chi connectivity index (χ4n) is 3.03. The number of rotatable bonds is 4. The maximum absolute atomic E-state index is 11.9. The van der Waals surface area contributed by atoms with E-state index in [-0.39, 0.29) is 10.8 Å². The third kappa shape index (κ3) is 3.39. The van der Waals surface area contributed by atoms with Gasteiger partial charge in [-0.05, 0) is 37.1 Å². The van der Waals surface area contributed by atoms with Crippen LogP contribution in [0.5, 0.6) is 5.75 Å². The number of aromatic nitrogens is 3. The number of hydrogen-bond donors (Lipinski definition) is 1. The van der Waals surface area contributed by atoms with E-state index >= 15 is 0 Å². The first-order valence-electron chi connectivity index (χ1n) is 8.50. The van der Waals surface area contributed by atoms with Crippen LogP contribution < -0.4 is 5.63 Å². The average molecular weight is 414 g/mol. The molecule has 4 aromatic rings. The number of thioether (sulfide) groups is 1. The van der Waals surface area contributed by atoms with Gasteiger partial charge in [0.15, 0.2) is 5.16 Å². The predicted molar refractivity (Wildman–Crippen MR) is 110 cm³/mol. The molecule has 0 saturated heterocycles. The summed E-state index contributed by atoms with van der Waals surface area (Å²) >= 11 is 7.50. The van der Waals surface area contributed by atoms with Crippen molar-refractivity contribution >= 4 is 34.3 Å². The number of benzene rings is 2. The molecule has 2 aromatic carbocycles. The van der Waals surface area contributed by atoms with Crippen molar-refractivity contribution in [1.82, 2.24) is 14.8 Å². The first kappa shape index (κ1) is 18.6. The largest absolute Gasteiger partial charge is 0.506 e. The lowest BCUT2D eigenvalue weighted by atomic mass is 10.1. The summed E-state index contributed by atoms with van der Waals surface area (Å²) in [4.78, 5) is 11.9. The molecule has 0 atom stereocenters. The molecular weight excluding hydrogens is 398 g/mol. The Morgan fingerprint density at radius 3 is 2.75 bits per heavy atom. The second-order valence-electron chi connectivity index (χ2n) is 6.33. The van der Waals surface area contributed by atoms with Crippen LogP contribution in [-0.4, -0.2) is 19.9 Å². The number of aromatic hydroxyl groups is 1. The fraction of sp³-hybridized carbons (Fsp3) is 0.150. The summed E-state index contributed by atoms with van der Waals surface area (Å²) < 4.78 is 7.18. The molecule has 28 heavy (non-hydrogen) atoms. The molecule has 0 fully saturated rings. The Kier molecular flexibility index (Phi) is 4.87. The van der Waals surface area contributed by atoms with Crippen LogP contribution in [-0.2, 0) is 5.75 Å². The van der Waals surface area contributed by atoms with Gasteiger partial charge in [0, 0.05) is 23.3 Å². The molecule has 0 spiro atoms. The van der Waals surface area contributed by atoms with E-state index in [1.165, 1.54) is 23.9 Å². The van der Waals surface area contributed by atoms with Crippen molar-refractivity contribution in [3.8, 4) is 11.4 Å². The Balaban J connectivity index is 1.73. The average Bonchev–Trinajstić information content (AvgIpc) is 3.02. The van der Waals surface area contributed by atoms with E-state index in [9.17, 15) is 9.90 Å². The first-order chi connectivity index (χ1) is 13.4. The Labute approximate surface area is 169 Å². The minimum absolute atomic E-state index is 0.128. The van der Waals surface area contributed by atoms with Gasteiger partial charge in [-0.15, -0.1) is 10.2 Å². The van der Waals surface area contributed by atoms with Gasteiger partial charge in [0.2, 0.25) is 0 Å². The van der Waals surface area contributed by atoms with E-state index in [1.54, 1.807) is 6.07 Å². The second-order valence-corrected chi connectivity index (χ2v) is 7.68. The molecule has 0 unspecified atom stereocenters. The summed E-state index contributed by atoms with van der Waals surface area (Å²) in [7, 11) is 0. The number of fused-ring (bicyclic) bond motifs is 1. The molecule has 8 heteroatoms. The van der Waals surface area contributed by atoms with Crippen molar-refractivity contribution in [2.45, 2.75) is 24.8 Å². The van der Waals surface area contributed by atoms with E-state index in [0.717, 1.165) is 27.8 Å². The number of para-hydroxylation sites is 1. The Hall–Kier alpha value is -2.77. The van der Waals surface area contributed by atoms with Crippen molar-refractivity contribution < 1.29 is 9.52 Å². The Morgan fingerprint density at radius 2 is 1.96 bits per heavy atom. The molecule has 0 bridgehead atoms. The first-order valence-corrected chi connectivity index (χ1v) is 9.86. The van der Waals surface area contributed by atoms with Gasteiger partial charge in [-0.2, -0.15) is 0 Å². The summed E-state index contributed by atoms with van der Waals surface area (Å²) in [6.45, 7) is 3.94. The fourth-order valence-corrected chi connectivity index (χ4v) is 4.17. The quantitative estimate of drug-likeness (QED) is 0.387. The lowest BCUT2D eigenvalue weighted by Crippen LogP contribution is -2.03. The van der Waals surface area contributed by atoms with Crippen molar-refractivity contribution in [1.29, 1.82) is 0 Å². The number of phenolic OH excluding ortho intramolecular Hbond substituents is 1. The summed E-state index contributed by atoms with van der Waals surface area (Å²) in [5.74, 6) is 1.12. The Bertz CT molecular complexity index is 1250. The minimum Gasteiger partial charge on any atom is -0.506 e. The Morgan fingerprint density at radius 1 is 1.18 bits per heavy atom. The zero-order valence-electron chi connectivity index (χ0n) is 15.1. The van der Waals surface area contributed by atoms with Gasteiger partial charge in [-0.25, -0.2) is 4.79 Å². The smallest absolute Gasteiger partial charge is 0.336 e. The van der Waals surface area contributed by atoms with E-state index in [0.29, 0.717) is 16.7 Å². The summed E-state index contributed by atoms with van der Waals surface area (Å²) in [5, 5.41) is 19.9. The minimum atomic E-state index is -0.485. The highest BCUT2D eigenvalue weighted by Gasteiger charge is 2.15. The molecule has 6 nitrogen and oxygen atoms in total. The zero-order valence-corrected chi connectivity index (χ0v) is 16.7. The van der Waals surface area contributed by atoms with Gasteiger partial charge >= 0.3 is 5.63 Å².